The van der Waals surface area contributed by atoms with Crippen LogP contribution >= 0.6 is 7.82 Å². The number of esters is 2. The van der Waals surface area contributed by atoms with Gasteiger partial charge in [0.2, 0.25) is 0 Å². The van der Waals surface area contributed by atoms with E-state index in [1.807, 2.05) is 21.1 Å². The zero-order chi connectivity index (χ0) is 41.4. The van der Waals surface area contributed by atoms with Crippen LogP contribution in [0.15, 0.2) is 48.6 Å². The Bertz CT molecular complexity index is 1100. The molecule has 0 aromatic heterocycles. The van der Waals surface area contributed by atoms with E-state index in [0.29, 0.717) is 17.4 Å². The largest absolute Gasteiger partial charge is 0.756 e. The molecule has 0 saturated carbocycles. The fourth-order valence-corrected chi connectivity index (χ4v) is 6.57. The third-order valence-corrected chi connectivity index (χ3v) is 10.3. The highest BCUT2D eigenvalue weighted by molar-refractivity contribution is 7.45. The summed E-state index contributed by atoms with van der Waals surface area (Å²) in [5.41, 5.74) is 0. The van der Waals surface area contributed by atoms with Gasteiger partial charge in [-0.3, -0.25) is 14.2 Å². The van der Waals surface area contributed by atoms with Crippen molar-refractivity contribution in [1.29, 1.82) is 0 Å². The minimum Gasteiger partial charge on any atom is -0.756 e. The highest BCUT2D eigenvalue weighted by Gasteiger charge is 2.21. The van der Waals surface area contributed by atoms with Gasteiger partial charge in [0.05, 0.1) is 27.7 Å². The van der Waals surface area contributed by atoms with Crippen LogP contribution in [0.5, 0.6) is 0 Å². The lowest BCUT2D eigenvalue weighted by molar-refractivity contribution is -0.870. The van der Waals surface area contributed by atoms with E-state index in [0.717, 1.165) is 83.5 Å². The van der Waals surface area contributed by atoms with E-state index in [9.17, 15) is 19.0 Å². The van der Waals surface area contributed by atoms with Crippen LogP contribution < -0.4 is 4.89 Å². The molecular weight excluding hydrogens is 725 g/mol. The fourth-order valence-electron chi connectivity index (χ4n) is 5.84. The first-order valence-corrected chi connectivity index (χ1v) is 23.8. The smallest absolute Gasteiger partial charge is 0.306 e. The molecule has 0 fully saturated rings. The van der Waals surface area contributed by atoms with E-state index in [1.54, 1.807) is 0 Å². The van der Waals surface area contributed by atoms with Crippen LogP contribution in [0.2, 0.25) is 0 Å². The van der Waals surface area contributed by atoms with Crippen molar-refractivity contribution in [2.75, 3.05) is 47.5 Å². The van der Waals surface area contributed by atoms with Crippen LogP contribution in [0, 0.1) is 0 Å². The molecule has 56 heavy (non-hydrogen) atoms. The molecule has 0 saturated heterocycles. The number of rotatable bonds is 40. The number of nitrogens with zero attached hydrogens (tertiary/aromatic N) is 1. The van der Waals surface area contributed by atoms with E-state index < -0.39 is 32.5 Å². The summed E-state index contributed by atoms with van der Waals surface area (Å²) in [5, 5.41) is 0. The maximum Gasteiger partial charge on any atom is 0.306 e. The minimum atomic E-state index is -4.63. The van der Waals surface area contributed by atoms with Gasteiger partial charge >= 0.3 is 11.9 Å². The number of hydrogen-bond donors (Lipinski definition) is 0. The molecule has 2 atom stereocenters. The van der Waals surface area contributed by atoms with Gasteiger partial charge in [-0.1, -0.05) is 146 Å². The summed E-state index contributed by atoms with van der Waals surface area (Å²) in [5.74, 6) is -0.860. The normalized spacial score (nSPS) is 14.0. The Balaban J connectivity index is 4.37. The van der Waals surface area contributed by atoms with Gasteiger partial charge in [0, 0.05) is 12.8 Å². The van der Waals surface area contributed by atoms with E-state index in [4.69, 9.17) is 18.5 Å². The van der Waals surface area contributed by atoms with Crippen LogP contribution in [-0.2, 0) is 32.7 Å². The van der Waals surface area contributed by atoms with Crippen LogP contribution in [0.3, 0.4) is 0 Å². The maximum absolute atomic E-state index is 12.7. The number of ether oxygens (including phenoxy) is 2. The summed E-state index contributed by atoms with van der Waals surface area (Å²) in [6, 6.07) is 0. The maximum atomic E-state index is 12.7. The molecule has 0 rings (SSSR count). The molecule has 10 heteroatoms. The van der Waals surface area contributed by atoms with Gasteiger partial charge < -0.3 is 27.9 Å². The summed E-state index contributed by atoms with van der Waals surface area (Å²) < 4.78 is 33.9. The van der Waals surface area contributed by atoms with Gasteiger partial charge in [-0.05, 0) is 70.6 Å². The van der Waals surface area contributed by atoms with Gasteiger partial charge in [-0.2, -0.15) is 0 Å². The van der Waals surface area contributed by atoms with Gasteiger partial charge in [0.25, 0.3) is 7.82 Å². The molecule has 0 N–H and O–H groups in total. The van der Waals surface area contributed by atoms with Crippen molar-refractivity contribution in [3.05, 3.63) is 48.6 Å². The molecule has 9 nitrogen and oxygen atoms in total. The van der Waals surface area contributed by atoms with Gasteiger partial charge in [-0.25, -0.2) is 0 Å². The molecule has 0 aromatic rings. The highest BCUT2D eigenvalue weighted by Crippen LogP contribution is 2.38. The average Bonchev–Trinajstić information content (AvgIpc) is 3.15. The minimum absolute atomic E-state index is 0.0365. The Morgan fingerprint density at radius 3 is 1.54 bits per heavy atom. The Hall–Kier alpha value is -2.03. The quantitative estimate of drug-likeness (QED) is 0.0198. The summed E-state index contributed by atoms with van der Waals surface area (Å²) in [4.78, 5) is 37.5. The van der Waals surface area contributed by atoms with Crippen LogP contribution in [0.1, 0.15) is 181 Å². The van der Waals surface area contributed by atoms with Crippen molar-refractivity contribution in [3.63, 3.8) is 0 Å². The third-order valence-electron chi connectivity index (χ3n) is 9.33. The number of phosphoric ester groups is 1. The first-order chi connectivity index (χ1) is 27.0. The van der Waals surface area contributed by atoms with Crippen molar-refractivity contribution in [2.24, 2.45) is 0 Å². The lowest BCUT2D eigenvalue weighted by Crippen LogP contribution is -2.37. The van der Waals surface area contributed by atoms with Crippen molar-refractivity contribution in [1.82, 2.24) is 0 Å². The number of phosphoric acid groups is 1. The Kier molecular flexibility index (Phi) is 37.1. The van der Waals surface area contributed by atoms with Gasteiger partial charge in [-0.15, -0.1) is 0 Å². The topological polar surface area (TPSA) is 111 Å². The lowest BCUT2D eigenvalue weighted by Gasteiger charge is -2.28. The zero-order valence-electron chi connectivity index (χ0n) is 36.6. The summed E-state index contributed by atoms with van der Waals surface area (Å²) in [6.45, 7) is 4.08. The number of carbonyl (C=O) groups excluding carboxylic acids is 2. The number of carbonyl (C=O) groups is 2. The molecule has 0 spiro atoms. The molecule has 326 valence electrons. The average molecular weight is 810 g/mol. The van der Waals surface area contributed by atoms with E-state index >= 15 is 0 Å². The standard InChI is InChI=1S/C46H84NO8P/c1-6-8-10-12-14-16-18-20-22-23-25-26-28-30-32-34-36-38-45(48)52-42-44(43-54-56(50,51)53-41-40-47(3,4)5)55-46(49)39-37-35-33-31-29-27-24-21-19-17-15-13-11-9-7-2/h9,11,15,17,20-22,24,44H,6-8,10,12-14,16,18-19,23,25-43H2,1-5H3/b11-9-,17-15-,22-20-,24-21-/t44-/m1/s1. The van der Waals surface area contributed by atoms with Crippen molar-refractivity contribution < 1.29 is 42.1 Å². The van der Waals surface area contributed by atoms with Crippen LogP contribution in [0.4, 0.5) is 0 Å². The predicted molar refractivity (Wildman–Crippen MR) is 231 cm³/mol. The first kappa shape index (κ1) is 54.0. The molecule has 0 aliphatic carbocycles. The molecular formula is C46H84NO8P. The monoisotopic (exact) mass is 810 g/mol. The van der Waals surface area contributed by atoms with E-state index in [1.165, 1.54) is 64.2 Å². The summed E-state index contributed by atoms with van der Waals surface area (Å²) in [6.07, 6.45) is 44.2. The Labute approximate surface area is 343 Å². The predicted octanol–water partition coefficient (Wildman–Crippen LogP) is 12.1. The molecule has 0 amide bonds. The third kappa shape index (κ3) is 41.6. The molecule has 1 unspecified atom stereocenters. The number of likely N-dealkylation sites (N-methyl/N-ethyl adjacent to an activating group) is 1. The fraction of sp³-hybridized carbons (Fsp3) is 0.783. The second kappa shape index (κ2) is 38.5. The molecule has 0 radical (unpaired) electrons. The molecule has 0 aromatic carbocycles. The first-order valence-electron chi connectivity index (χ1n) is 22.3. The molecule has 0 aliphatic rings. The SMILES string of the molecule is CC/C=C\C/C=C\C/C=C\CCCCCCCC(=O)O[C@H](COC(=O)CCCCCCCCC/C=C\CCCCCCCC)COP(=O)([O-])OCC[N+](C)(C)C. The molecule has 0 aliphatic heterocycles. The van der Waals surface area contributed by atoms with Crippen LogP contribution in [-0.4, -0.2) is 70.0 Å². The number of unbranched alkanes of at least 4 members (excludes halogenated alkanes) is 18. The van der Waals surface area contributed by atoms with Crippen molar-refractivity contribution in [2.45, 2.75) is 187 Å². The second-order valence-corrected chi connectivity index (χ2v) is 17.4. The van der Waals surface area contributed by atoms with E-state index in [-0.39, 0.29) is 26.1 Å². The van der Waals surface area contributed by atoms with E-state index in [2.05, 4.69) is 62.5 Å². The second-order valence-electron chi connectivity index (χ2n) is 16.0. The Morgan fingerprint density at radius 2 is 1.02 bits per heavy atom. The number of quaternary nitrogens is 1. The molecule has 0 bridgehead atoms. The Morgan fingerprint density at radius 1 is 0.571 bits per heavy atom. The number of hydrogen-bond acceptors (Lipinski definition) is 8. The number of allylic oxidation sites excluding steroid dienone is 8. The van der Waals surface area contributed by atoms with Crippen LogP contribution in [0.25, 0.3) is 0 Å². The van der Waals surface area contributed by atoms with Crippen molar-refractivity contribution in [3.8, 4) is 0 Å². The van der Waals surface area contributed by atoms with Crippen molar-refractivity contribution >= 4 is 19.8 Å². The summed E-state index contributed by atoms with van der Waals surface area (Å²) in [7, 11) is 1.15. The van der Waals surface area contributed by atoms with Gasteiger partial charge in [0.15, 0.2) is 6.10 Å². The highest BCUT2D eigenvalue weighted by atomic mass is 31.2. The molecule has 0 heterocycles. The lowest BCUT2D eigenvalue weighted by atomic mass is 10.1. The summed E-state index contributed by atoms with van der Waals surface area (Å²) >= 11 is 0. The zero-order valence-corrected chi connectivity index (χ0v) is 37.5. The van der Waals surface area contributed by atoms with Gasteiger partial charge in [0.1, 0.15) is 19.8 Å².